The second-order valence-corrected chi connectivity index (χ2v) is 7.06. The van der Waals surface area contributed by atoms with Crippen LogP contribution in [0.2, 0.25) is 5.02 Å². The standard InChI is InChI=1S/C12H9BrClIOS/c13-7-1-2-10(15)8(5-7)11(16)6-12-9(14)3-4-17-12/h1-5,11,16H,6H2. The summed E-state index contributed by atoms with van der Waals surface area (Å²) < 4.78 is 2.04. The summed E-state index contributed by atoms with van der Waals surface area (Å²) in [5.74, 6) is 0. The number of benzene rings is 1. The smallest absolute Gasteiger partial charge is 0.0849 e. The molecule has 0 aliphatic rings. The molecule has 0 spiro atoms. The Bertz CT molecular complexity index is 529. The quantitative estimate of drug-likeness (QED) is 0.659. The summed E-state index contributed by atoms with van der Waals surface area (Å²) in [5.41, 5.74) is 0.935. The zero-order valence-corrected chi connectivity index (χ0v) is 14.0. The van der Waals surface area contributed by atoms with Crippen LogP contribution < -0.4 is 0 Å². The fraction of sp³-hybridized carbons (Fsp3) is 0.167. The van der Waals surface area contributed by atoms with E-state index in [-0.39, 0.29) is 0 Å². The number of halogens is 3. The van der Waals surface area contributed by atoms with E-state index in [4.69, 9.17) is 11.6 Å². The summed E-state index contributed by atoms with van der Waals surface area (Å²) in [6, 6.07) is 7.77. The van der Waals surface area contributed by atoms with E-state index >= 15 is 0 Å². The predicted octanol–water partition coefficient (Wildman–Crippen LogP) is 5.04. The van der Waals surface area contributed by atoms with E-state index in [9.17, 15) is 5.11 Å². The molecule has 90 valence electrons. The van der Waals surface area contributed by atoms with Crippen molar-refractivity contribution in [2.75, 3.05) is 0 Å². The molecule has 0 saturated carbocycles. The fourth-order valence-electron chi connectivity index (χ4n) is 1.53. The van der Waals surface area contributed by atoms with Crippen LogP contribution in [0, 0.1) is 3.57 Å². The van der Waals surface area contributed by atoms with Gasteiger partial charge in [0.2, 0.25) is 0 Å². The van der Waals surface area contributed by atoms with Crippen LogP contribution in [-0.4, -0.2) is 5.11 Å². The molecule has 1 heterocycles. The molecular weight excluding hydrogens is 434 g/mol. The minimum absolute atomic E-state index is 0.518. The van der Waals surface area contributed by atoms with Crippen LogP contribution in [0.1, 0.15) is 16.5 Å². The first-order valence-electron chi connectivity index (χ1n) is 4.93. The number of aliphatic hydroxyl groups excluding tert-OH is 1. The van der Waals surface area contributed by atoms with Gasteiger partial charge in [0.05, 0.1) is 11.1 Å². The molecule has 2 rings (SSSR count). The maximum absolute atomic E-state index is 10.2. The Morgan fingerprint density at radius 1 is 1.41 bits per heavy atom. The molecule has 17 heavy (non-hydrogen) atoms. The van der Waals surface area contributed by atoms with Gasteiger partial charge in [0.15, 0.2) is 0 Å². The first-order valence-corrected chi connectivity index (χ1v) is 8.05. The van der Waals surface area contributed by atoms with Gasteiger partial charge in [0.1, 0.15) is 0 Å². The average molecular weight is 444 g/mol. The number of aliphatic hydroxyl groups is 1. The monoisotopic (exact) mass is 442 g/mol. The Labute approximate surface area is 131 Å². The lowest BCUT2D eigenvalue weighted by molar-refractivity contribution is 0.178. The molecule has 0 aliphatic heterocycles. The third-order valence-corrected chi connectivity index (χ3v) is 5.27. The van der Waals surface area contributed by atoms with Gasteiger partial charge in [-0.25, -0.2) is 0 Å². The van der Waals surface area contributed by atoms with Crippen molar-refractivity contribution in [1.29, 1.82) is 0 Å². The van der Waals surface area contributed by atoms with Gasteiger partial charge in [-0.2, -0.15) is 0 Å². The zero-order chi connectivity index (χ0) is 12.4. The molecule has 1 nitrogen and oxygen atoms in total. The zero-order valence-electron chi connectivity index (χ0n) is 8.66. The molecule has 2 aromatic rings. The Kier molecular flexibility index (Phi) is 4.88. The number of thiophene rings is 1. The third kappa shape index (κ3) is 3.44. The summed E-state index contributed by atoms with van der Waals surface area (Å²) in [6.45, 7) is 0. The maximum Gasteiger partial charge on any atom is 0.0849 e. The molecule has 1 N–H and O–H groups in total. The minimum atomic E-state index is -0.518. The van der Waals surface area contributed by atoms with Crippen LogP contribution in [0.25, 0.3) is 0 Å². The van der Waals surface area contributed by atoms with Crippen molar-refractivity contribution in [1.82, 2.24) is 0 Å². The summed E-state index contributed by atoms with van der Waals surface area (Å²) >= 11 is 13.3. The van der Waals surface area contributed by atoms with Gasteiger partial charge in [0.25, 0.3) is 0 Å². The molecule has 1 unspecified atom stereocenters. The molecule has 0 fully saturated rings. The lowest BCUT2D eigenvalue weighted by Gasteiger charge is -2.12. The summed E-state index contributed by atoms with van der Waals surface area (Å²) in [7, 11) is 0. The molecule has 0 radical (unpaired) electrons. The van der Waals surface area contributed by atoms with Crippen LogP contribution in [0.4, 0.5) is 0 Å². The van der Waals surface area contributed by atoms with Crippen LogP contribution in [0.5, 0.6) is 0 Å². The molecule has 1 aromatic carbocycles. The Morgan fingerprint density at radius 3 is 2.82 bits per heavy atom. The minimum Gasteiger partial charge on any atom is -0.388 e. The Morgan fingerprint density at radius 2 is 2.18 bits per heavy atom. The van der Waals surface area contributed by atoms with Gasteiger partial charge >= 0.3 is 0 Å². The van der Waals surface area contributed by atoms with E-state index in [0.717, 1.165) is 23.5 Å². The van der Waals surface area contributed by atoms with Crippen LogP contribution in [-0.2, 0) is 6.42 Å². The Hall–Kier alpha value is 0.380. The highest BCUT2D eigenvalue weighted by molar-refractivity contribution is 14.1. The third-order valence-electron chi connectivity index (χ3n) is 2.39. The Balaban J connectivity index is 2.23. The van der Waals surface area contributed by atoms with Crippen molar-refractivity contribution in [3.63, 3.8) is 0 Å². The summed E-state index contributed by atoms with van der Waals surface area (Å²) in [4.78, 5) is 1.02. The molecular formula is C12H9BrClIOS. The molecule has 5 heteroatoms. The van der Waals surface area contributed by atoms with E-state index in [1.54, 1.807) is 11.3 Å². The maximum atomic E-state index is 10.2. The second-order valence-electron chi connectivity index (χ2n) is 3.58. The lowest BCUT2D eigenvalue weighted by Crippen LogP contribution is -2.03. The normalized spacial score (nSPS) is 12.7. The van der Waals surface area contributed by atoms with Crippen molar-refractivity contribution in [2.45, 2.75) is 12.5 Å². The van der Waals surface area contributed by atoms with E-state index in [2.05, 4.69) is 38.5 Å². The molecule has 0 amide bonds. The first-order chi connectivity index (χ1) is 8.08. The number of hydrogen-bond acceptors (Lipinski definition) is 2. The first kappa shape index (κ1) is 13.8. The highest BCUT2D eigenvalue weighted by atomic mass is 127. The van der Waals surface area contributed by atoms with Gasteiger partial charge in [-0.05, 0) is 57.8 Å². The average Bonchev–Trinajstić information content (AvgIpc) is 2.68. The van der Waals surface area contributed by atoms with Gasteiger partial charge in [-0.1, -0.05) is 27.5 Å². The van der Waals surface area contributed by atoms with Crippen LogP contribution in [0.3, 0.4) is 0 Å². The summed E-state index contributed by atoms with van der Waals surface area (Å²) in [5, 5.41) is 12.9. The van der Waals surface area contributed by atoms with Gasteiger partial charge in [-0.3, -0.25) is 0 Å². The van der Waals surface area contributed by atoms with E-state index in [1.807, 2.05) is 29.6 Å². The topological polar surface area (TPSA) is 20.2 Å². The van der Waals surface area contributed by atoms with Crippen molar-refractivity contribution >= 4 is 61.5 Å². The van der Waals surface area contributed by atoms with Gasteiger partial charge in [0, 0.05) is 19.3 Å². The van der Waals surface area contributed by atoms with E-state index in [1.165, 1.54) is 0 Å². The van der Waals surface area contributed by atoms with Crippen molar-refractivity contribution in [3.8, 4) is 0 Å². The molecule has 1 aromatic heterocycles. The van der Waals surface area contributed by atoms with Gasteiger partial charge in [-0.15, -0.1) is 11.3 Å². The highest BCUT2D eigenvalue weighted by Gasteiger charge is 2.14. The second kappa shape index (κ2) is 6.02. The van der Waals surface area contributed by atoms with Crippen LogP contribution in [0.15, 0.2) is 34.1 Å². The number of rotatable bonds is 3. The molecule has 1 atom stereocenters. The van der Waals surface area contributed by atoms with E-state index in [0.29, 0.717) is 6.42 Å². The lowest BCUT2D eigenvalue weighted by atomic mass is 10.1. The van der Waals surface area contributed by atoms with Crippen LogP contribution >= 0.6 is 61.5 Å². The largest absolute Gasteiger partial charge is 0.388 e. The molecule has 0 bridgehead atoms. The SMILES string of the molecule is OC(Cc1sccc1Cl)c1cc(Br)ccc1I. The number of hydrogen-bond donors (Lipinski definition) is 1. The molecule has 0 saturated heterocycles. The van der Waals surface area contributed by atoms with E-state index < -0.39 is 6.10 Å². The molecule has 0 aliphatic carbocycles. The van der Waals surface area contributed by atoms with Gasteiger partial charge < -0.3 is 5.11 Å². The van der Waals surface area contributed by atoms with Crippen molar-refractivity contribution < 1.29 is 5.11 Å². The van der Waals surface area contributed by atoms with Crippen molar-refractivity contribution in [3.05, 3.63) is 53.2 Å². The van der Waals surface area contributed by atoms with Crippen molar-refractivity contribution in [2.24, 2.45) is 0 Å². The fourth-order valence-corrected chi connectivity index (χ4v) is 3.75. The highest BCUT2D eigenvalue weighted by Crippen LogP contribution is 2.30. The summed E-state index contributed by atoms with van der Waals surface area (Å²) in [6.07, 6.45) is 0.0405. The predicted molar refractivity (Wildman–Crippen MR) is 84.9 cm³/mol.